The Hall–Kier alpha value is -1.51. The Kier molecular flexibility index (Phi) is 7.52. The van der Waals surface area contributed by atoms with Crippen LogP contribution in [-0.4, -0.2) is 38.4 Å². The van der Waals surface area contributed by atoms with Gasteiger partial charge in [0.05, 0.1) is 5.41 Å². The van der Waals surface area contributed by atoms with E-state index in [2.05, 4.69) is 5.32 Å². The van der Waals surface area contributed by atoms with Crippen LogP contribution in [0.5, 0.6) is 5.75 Å². The van der Waals surface area contributed by atoms with E-state index in [1.165, 1.54) is 12.1 Å². The molecule has 1 aliphatic heterocycles. The number of anilines is 1. The fraction of sp³-hybridized carbons (Fsp3) is 0.562. The molecule has 1 fully saturated rings. The van der Waals surface area contributed by atoms with Crippen LogP contribution >= 0.6 is 12.4 Å². The molecule has 1 heterocycles. The van der Waals surface area contributed by atoms with Crippen molar-refractivity contribution in [3.8, 4) is 5.75 Å². The Bertz CT molecular complexity index is 590. The first-order valence-electron chi connectivity index (χ1n) is 7.66. The SMILES string of the molecule is Cc1c(NC(=O)C2(CN)CCOCC2)cccc1OCC(F)(F)F.Cl. The molecule has 0 radical (unpaired) electrons. The van der Waals surface area contributed by atoms with Crippen molar-refractivity contribution in [2.24, 2.45) is 11.1 Å². The van der Waals surface area contributed by atoms with E-state index in [0.717, 1.165) is 0 Å². The summed E-state index contributed by atoms with van der Waals surface area (Å²) in [4.78, 5) is 12.6. The van der Waals surface area contributed by atoms with E-state index in [1.54, 1.807) is 13.0 Å². The Morgan fingerprint density at radius 3 is 2.56 bits per heavy atom. The van der Waals surface area contributed by atoms with Crippen LogP contribution in [-0.2, 0) is 9.53 Å². The average molecular weight is 383 g/mol. The van der Waals surface area contributed by atoms with Crippen molar-refractivity contribution < 1.29 is 27.4 Å². The minimum Gasteiger partial charge on any atom is -0.484 e. The van der Waals surface area contributed by atoms with Crippen molar-refractivity contribution >= 4 is 24.0 Å². The van der Waals surface area contributed by atoms with Crippen LogP contribution in [0, 0.1) is 12.3 Å². The molecule has 0 spiro atoms. The summed E-state index contributed by atoms with van der Waals surface area (Å²) in [6.07, 6.45) is -3.39. The quantitative estimate of drug-likeness (QED) is 0.821. The van der Waals surface area contributed by atoms with Crippen LogP contribution in [0.3, 0.4) is 0 Å². The summed E-state index contributed by atoms with van der Waals surface area (Å²) < 4.78 is 47.0. The molecule has 0 unspecified atom stereocenters. The first-order valence-corrected chi connectivity index (χ1v) is 7.66. The lowest BCUT2D eigenvalue weighted by atomic mass is 9.79. The van der Waals surface area contributed by atoms with Crippen molar-refractivity contribution in [1.82, 2.24) is 0 Å². The number of ether oxygens (including phenoxy) is 2. The summed E-state index contributed by atoms with van der Waals surface area (Å²) in [6.45, 7) is 1.32. The van der Waals surface area contributed by atoms with E-state index in [4.69, 9.17) is 15.2 Å². The summed E-state index contributed by atoms with van der Waals surface area (Å²) in [5, 5.41) is 2.77. The van der Waals surface area contributed by atoms with Crippen molar-refractivity contribution in [2.75, 3.05) is 31.7 Å². The van der Waals surface area contributed by atoms with Gasteiger partial charge in [0.25, 0.3) is 0 Å². The first kappa shape index (κ1) is 21.5. The lowest BCUT2D eigenvalue weighted by Gasteiger charge is -2.34. The number of nitrogens with two attached hydrogens (primary N) is 1. The molecule has 5 nitrogen and oxygen atoms in total. The second-order valence-electron chi connectivity index (χ2n) is 5.88. The highest BCUT2D eigenvalue weighted by atomic mass is 35.5. The number of amides is 1. The number of rotatable bonds is 5. The molecule has 0 aromatic heterocycles. The minimum atomic E-state index is -4.42. The zero-order valence-electron chi connectivity index (χ0n) is 13.8. The molecular formula is C16H22ClF3N2O3. The van der Waals surface area contributed by atoms with Gasteiger partial charge in [-0.2, -0.15) is 13.2 Å². The number of alkyl halides is 3. The van der Waals surface area contributed by atoms with Gasteiger partial charge in [-0.05, 0) is 31.9 Å². The monoisotopic (exact) mass is 382 g/mol. The molecule has 1 aliphatic rings. The first-order chi connectivity index (χ1) is 11.3. The van der Waals surface area contributed by atoms with Gasteiger partial charge in [-0.15, -0.1) is 12.4 Å². The molecule has 0 aliphatic carbocycles. The zero-order chi connectivity index (χ0) is 17.8. The predicted octanol–water partition coefficient (Wildman–Crippen LogP) is 3.05. The van der Waals surface area contributed by atoms with Crippen LogP contribution < -0.4 is 15.8 Å². The number of benzene rings is 1. The van der Waals surface area contributed by atoms with Gasteiger partial charge in [0.2, 0.25) is 5.91 Å². The van der Waals surface area contributed by atoms with E-state index in [1.807, 2.05) is 0 Å². The number of carbonyl (C=O) groups is 1. The van der Waals surface area contributed by atoms with Gasteiger partial charge in [-0.3, -0.25) is 4.79 Å². The zero-order valence-corrected chi connectivity index (χ0v) is 14.6. The van der Waals surface area contributed by atoms with Crippen molar-refractivity contribution in [3.63, 3.8) is 0 Å². The predicted molar refractivity (Wildman–Crippen MR) is 90.1 cm³/mol. The van der Waals surface area contributed by atoms with E-state index in [-0.39, 0.29) is 30.6 Å². The Morgan fingerprint density at radius 2 is 2.00 bits per heavy atom. The maximum atomic E-state index is 12.6. The van der Waals surface area contributed by atoms with Crippen LogP contribution in [0.1, 0.15) is 18.4 Å². The molecule has 1 amide bonds. The van der Waals surface area contributed by atoms with Crippen LogP contribution in [0.2, 0.25) is 0 Å². The van der Waals surface area contributed by atoms with Crippen molar-refractivity contribution in [3.05, 3.63) is 23.8 Å². The molecule has 1 aromatic carbocycles. The van der Waals surface area contributed by atoms with E-state index < -0.39 is 18.2 Å². The normalized spacial score (nSPS) is 16.7. The fourth-order valence-electron chi connectivity index (χ4n) is 2.61. The molecule has 0 saturated carbocycles. The molecule has 1 saturated heterocycles. The van der Waals surface area contributed by atoms with Gasteiger partial charge in [-0.25, -0.2) is 0 Å². The minimum absolute atomic E-state index is 0. The molecule has 0 bridgehead atoms. The maximum Gasteiger partial charge on any atom is 0.422 e. The molecule has 25 heavy (non-hydrogen) atoms. The highest BCUT2D eigenvalue weighted by Crippen LogP contribution is 2.33. The fourth-order valence-corrected chi connectivity index (χ4v) is 2.61. The van der Waals surface area contributed by atoms with E-state index in [0.29, 0.717) is 37.3 Å². The Morgan fingerprint density at radius 1 is 1.36 bits per heavy atom. The Labute approximate surface area is 150 Å². The lowest BCUT2D eigenvalue weighted by Crippen LogP contribution is -2.46. The summed E-state index contributed by atoms with van der Waals surface area (Å²) in [7, 11) is 0. The third kappa shape index (κ3) is 5.49. The number of hydrogen-bond acceptors (Lipinski definition) is 4. The largest absolute Gasteiger partial charge is 0.484 e. The van der Waals surface area contributed by atoms with Crippen molar-refractivity contribution in [2.45, 2.75) is 25.9 Å². The summed E-state index contributed by atoms with van der Waals surface area (Å²) in [6, 6.07) is 4.59. The molecule has 2 rings (SSSR count). The maximum absolute atomic E-state index is 12.6. The van der Waals surface area contributed by atoms with Gasteiger partial charge < -0.3 is 20.5 Å². The molecule has 0 atom stereocenters. The van der Waals surface area contributed by atoms with Crippen LogP contribution in [0.4, 0.5) is 18.9 Å². The molecular weight excluding hydrogens is 361 g/mol. The standard InChI is InChI=1S/C16H21F3N2O3.ClH/c1-11-12(3-2-4-13(11)24-10-16(17,18)19)21-14(22)15(9-20)5-7-23-8-6-15;/h2-4H,5-10,20H2,1H3,(H,21,22);1H. The average Bonchev–Trinajstić information content (AvgIpc) is 2.55. The molecule has 9 heteroatoms. The molecule has 1 aromatic rings. The Balaban J connectivity index is 0.00000312. The highest BCUT2D eigenvalue weighted by molar-refractivity contribution is 5.96. The number of hydrogen-bond donors (Lipinski definition) is 2. The van der Waals surface area contributed by atoms with Gasteiger partial charge in [0.1, 0.15) is 5.75 Å². The lowest BCUT2D eigenvalue weighted by molar-refractivity contribution is -0.153. The second kappa shape index (κ2) is 8.73. The van der Waals surface area contributed by atoms with Gasteiger partial charge in [-0.1, -0.05) is 6.07 Å². The van der Waals surface area contributed by atoms with Gasteiger partial charge in [0.15, 0.2) is 6.61 Å². The van der Waals surface area contributed by atoms with Crippen molar-refractivity contribution in [1.29, 1.82) is 0 Å². The van der Waals surface area contributed by atoms with E-state index >= 15 is 0 Å². The molecule has 142 valence electrons. The topological polar surface area (TPSA) is 73.6 Å². The number of nitrogens with one attached hydrogen (secondary N) is 1. The third-order valence-corrected chi connectivity index (χ3v) is 4.25. The van der Waals surface area contributed by atoms with Crippen LogP contribution in [0.15, 0.2) is 18.2 Å². The summed E-state index contributed by atoms with van der Waals surface area (Å²) in [5.41, 5.74) is 5.93. The van der Waals surface area contributed by atoms with E-state index in [9.17, 15) is 18.0 Å². The summed E-state index contributed by atoms with van der Waals surface area (Å²) in [5.74, 6) is -0.164. The van der Waals surface area contributed by atoms with Gasteiger partial charge >= 0.3 is 6.18 Å². The highest BCUT2D eigenvalue weighted by Gasteiger charge is 2.39. The second-order valence-corrected chi connectivity index (χ2v) is 5.88. The summed E-state index contributed by atoms with van der Waals surface area (Å²) >= 11 is 0. The van der Waals surface area contributed by atoms with Crippen LogP contribution in [0.25, 0.3) is 0 Å². The molecule has 3 N–H and O–H groups in total. The smallest absolute Gasteiger partial charge is 0.422 e. The van der Waals surface area contributed by atoms with Gasteiger partial charge in [0, 0.05) is 31.0 Å². The number of halogens is 4. The third-order valence-electron chi connectivity index (χ3n) is 4.25. The number of carbonyl (C=O) groups excluding carboxylic acids is 1.